The minimum absolute atomic E-state index is 0.0861. The molecular weight excluding hydrogens is 352 g/mol. The van der Waals surface area contributed by atoms with Gasteiger partial charge in [0.25, 0.3) is 5.91 Å². The maximum absolute atomic E-state index is 12.0. The molecule has 9 nitrogen and oxygen atoms in total. The zero-order chi connectivity index (χ0) is 18.4. The Labute approximate surface area is 148 Å². The molecule has 0 spiro atoms. The second-order valence-electron chi connectivity index (χ2n) is 4.60. The number of nitrogens with one attached hydrogen (secondary N) is 1. The summed E-state index contributed by atoms with van der Waals surface area (Å²) in [5, 5.41) is 2.86. The van der Waals surface area contributed by atoms with Gasteiger partial charge < -0.3 is 25.3 Å². The summed E-state index contributed by atoms with van der Waals surface area (Å²) in [6.07, 6.45) is 2.62. The van der Waals surface area contributed by atoms with Crippen LogP contribution in [-0.4, -0.2) is 42.7 Å². The van der Waals surface area contributed by atoms with Crippen molar-refractivity contribution in [1.82, 2.24) is 9.97 Å². The van der Waals surface area contributed by atoms with Crippen LogP contribution in [0.1, 0.15) is 10.5 Å². The van der Waals surface area contributed by atoms with Crippen molar-refractivity contribution in [2.75, 3.05) is 31.9 Å². The third-order valence-electron chi connectivity index (χ3n) is 3.00. The molecular formula is C15H15ClN4O5. The van der Waals surface area contributed by atoms with E-state index < -0.39 is 18.5 Å². The molecule has 10 heteroatoms. The molecule has 0 aliphatic carbocycles. The van der Waals surface area contributed by atoms with Gasteiger partial charge in [0.05, 0.1) is 24.9 Å². The molecule has 0 aliphatic rings. The van der Waals surface area contributed by atoms with Crippen molar-refractivity contribution in [3.63, 3.8) is 0 Å². The Morgan fingerprint density at radius 2 is 1.84 bits per heavy atom. The van der Waals surface area contributed by atoms with Crippen LogP contribution >= 0.6 is 11.6 Å². The monoisotopic (exact) mass is 366 g/mol. The summed E-state index contributed by atoms with van der Waals surface area (Å²) in [4.78, 5) is 31.3. The number of aromatic nitrogens is 2. The highest BCUT2D eigenvalue weighted by molar-refractivity contribution is 6.32. The fourth-order valence-electron chi connectivity index (χ4n) is 1.85. The maximum Gasteiger partial charge on any atom is 0.361 e. The highest BCUT2D eigenvalue weighted by Gasteiger charge is 2.17. The van der Waals surface area contributed by atoms with E-state index in [4.69, 9.17) is 31.5 Å². The second kappa shape index (κ2) is 8.15. The molecule has 0 atom stereocenters. The van der Waals surface area contributed by atoms with E-state index >= 15 is 0 Å². The first-order valence-electron chi connectivity index (χ1n) is 6.91. The second-order valence-corrected chi connectivity index (χ2v) is 5.01. The molecule has 0 saturated heterocycles. The van der Waals surface area contributed by atoms with Gasteiger partial charge in [-0.15, -0.1) is 0 Å². The van der Waals surface area contributed by atoms with E-state index in [1.165, 1.54) is 38.7 Å². The Bertz CT molecular complexity index is 799. The number of nitrogens with two attached hydrogens (primary N) is 1. The lowest BCUT2D eigenvalue weighted by Crippen LogP contribution is -2.22. The SMILES string of the molecule is COc1cc(NC(=O)COC(=O)c2nccnc2N)c(OC)cc1Cl. The molecule has 1 amide bonds. The number of rotatable bonds is 6. The first-order valence-corrected chi connectivity index (χ1v) is 7.29. The number of methoxy groups -OCH3 is 2. The van der Waals surface area contributed by atoms with Crippen LogP contribution < -0.4 is 20.5 Å². The average Bonchev–Trinajstić information content (AvgIpc) is 2.61. The number of amides is 1. The van der Waals surface area contributed by atoms with E-state index in [0.29, 0.717) is 22.2 Å². The number of esters is 1. The molecule has 1 heterocycles. The van der Waals surface area contributed by atoms with E-state index in [-0.39, 0.29) is 11.5 Å². The fourth-order valence-corrected chi connectivity index (χ4v) is 2.08. The number of hydrogen-bond donors (Lipinski definition) is 2. The van der Waals surface area contributed by atoms with E-state index in [1.807, 2.05) is 0 Å². The summed E-state index contributed by atoms with van der Waals surface area (Å²) >= 11 is 5.99. The van der Waals surface area contributed by atoms with Crippen LogP contribution in [0.2, 0.25) is 5.02 Å². The van der Waals surface area contributed by atoms with Gasteiger partial charge in [-0.2, -0.15) is 0 Å². The number of benzene rings is 1. The van der Waals surface area contributed by atoms with Crippen molar-refractivity contribution >= 4 is 35.0 Å². The van der Waals surface area contributed by atoms with Crippen LogP contribution in [0.3, 0.4) is 0 Å². The molecule has 2 aromatic rings. The molecule has 0 unspecified atom stereocenters. The fraction of sp³-hybridized carbons (Fsp3) is 0.200. The lowest BCUT2D eigenvalue weighted by molar-refractivity contribution is -0.119. The minimum atomic E-state index is -0.860. The number of carbonyl (C=O) groups excluding carboxylic acids is 2. The molecule has 1 aromatic heterocycles. The molecule has 132 valence electrons. The predicted molar refractivity (Wildman–Crippen MR) is 89.9 cm³/mol. The zero-order valence-electron chi connectivity index (χ0n) is 13.4. The van der Waals surface area contributed by atoms with E-state index in [0.717, 1.165) is 0 Å². The van der Waals surface area contributed by atoms with Crippen LogP contribution in [0, 0.1) is 0 Å². The van der Waals surface area contributed by atoms with Crippen molar-refractivity contribution in [1.29, 1.82) is 0 Å². The number of halogens is 1. The van der Waals surface area contributed by atoms with Crippen LogP contribution in [-0.2, 0) is 9.53 Å². The van der Waals surface area contributed by atoms with Gasteiger partial charge in [-0.05, 0) is 0 Å². The van der Waals surface area contributed by atoms with E-state index in [1.54, 1.807) is 0 Å². The summed E-state index contributed by atoms with van der Waals surface area (Å²) < 4.78 is 15.1. The van der Waals surface area contributed by atoms with Gasteiger partial charge in [0.2, 0.25) is 0 Å². The molecule has 0 radical (unpaired) electrons. The first kappa shape index (κ1) is 18.3. The van der Waals surface area contributed by atoms with Crippen LogP contribution in [0.15, 0.2) is 24.5 Å². The number of carbonyl (C=O) groups is 2. The maximum atomic E-state index is 12.0. The van der Waals surface area contributed by atoms with Crippen molar-refractivity contribution in [3.05, 3.63) is 35.2 Å². The molecule has 25 heavy (non-hydrogen) atoms. The van der Waals surface area contributed by atoms with Crippen LogP contribution in [0.5, 0.6) is 11.5 Å². The van der Waals surface area contributed by atoms with E-state index in [2.05, 4.69) is 15.3 Å². The highest BCUT2D eigenvalue weighted by Crippen LogP contribution is 2.35. The Kier molecular flexibility index (Phi) is 5.96. The normalized spacial score (nSPS) is 10.0. The van der Waals surface area contributed by atoms with Crippen molar-refractivity contribution < 1.29 is 23.8 Å². The largest absolute Gasteiger partial charge is 0.495 e. The summed E-state index contributed by atoms with van der Waals surface area (Å²) in [5.74, 6) is -0.873. The van der Waals surface area contributed by atoms with Crippen molar-refractivity contribution in [3.8, 4) is 11.5 Å². The van der Waals surface area contributed by atoms with Gasteiger partial charge in [0.15, 0.2) is 18.1 Å². The van der Waals surface area contributed by atoms with E-state index in [9.17, 15) is 9.59 Å². The summed E-state index contributed by atoms with van der Waals surface area (Å²) in [7, 11) is 2.86. The molecule has 3 N–H and O–H groups in total. The third kappa shape index (κ3) is 4.48. The quantitative estimate of drug-likeness (QED) is 0.737. The first-order chi connectivity index (χ1) is 12.0. The smallest absolute Gasteiger partial charge is 0.361 e. The number of nitrogen functional groups attached to an aromatic ring is 1. The Morgan fingerprint density at radius 3 is 2.48 bits per heavy atom. The predicted octanol–water partition coefficient (Wildman–Crippen LogP) is 1.52. The molecule has 1 aromatic carbocycles. The van der Waals surface area contributed by atoms with Crippen LogP contribution in [0.4, 0.5) is 11.5 Å². The van der Waals surface area contributed by atoms with Gasteiger partial charge in [-0.3, -0.25) is 4.79 Å². The summed E-state index contributed by atoms with van der Waals surface area (Å²) in [6, 6.07) is 2.98. The lowest BCUT2D eigenvalue weighted by Gasteiger charge is -2.13. The van der Waals surface area contributed by atoms with Gasteiger partial charge in [0, 0.05) is 24.5 Å². The van der Waals surface area contributed by atoms with Gasteiger partial charge >= 0.3 is 5.97 Å². The average molecular weight is 367 g/mol. The number of ether oxygens (including phenoxy) is 3. The number of anilines is 2. The Balaban J connectivity index is 2.03. The third-order valence-corrected chi connectivity index (χ3v) is 3.30. The van der Waals surface area contributed by atoms with Gasteiger partial charge in [0.1, 0.15) is 11.5 Å². The number of hydrogen-bond acceptors (Lipinski definition) is 8. The molecule has 0 aliphatic heterocycles. The lowest BCUT2D eigenvalue weighted by atomic mass is 10.2. The molecule has 0 saturated carbocycles. The Hall–Kier alpha value is -3.07. The van der Waals surface area contributed by atoms with Crippen molar-refractivity contribution in [2.24, 2.45) is 0 Å². The molecule has 0 bridgehead atoms. The number of nitrogens with zero attached hydrogens (tertiary/aromatic N) is 2. The van der Waals surface area contributed by atoms with Gasteiger partial charge in [-0.25, -0.2) is 14.8 Å². The van der Waals surface area contributed by atoms with Crippen LogP contribution in [0.25, 0.3) is 0 Å². The molecule has 0 fully saturated rings. The Morgan fingerprint density at radius 1 is 1.16 bits per heavy atom. The van der Waals surface area contributed by atoms with Crippen molar-refractivity contribution in [2.45, 2.75) is 0 Å². The minimum Gasteiger partial charge on any atom is -0.495 e. The molecule has 2 rings (SSSR count). The zero-order valence-corrected chi connectivity index (χ0v) is 14.2. The van der Waals surface area contributed by atoms with Gasteiger partial charge in [-0.1, -0.05) is 11.6 Å². The highest BCUT2D eigenvalue weighted by atomic mass is 35.5. The standard InChI is InChI=1S/C15H15ClN4O5/c1-23-10-6-9(11(24-2)5-8(10)16)20-12(21)7-25-15(22)13-14(17)19-4-3-18-13/h3-6H,7H2,1-2H3,(H2,17,19)(H,20,21). The summed E-state index contributed by atoms with van der Waals surface area (Å²) in [5.41, 5.74) is 5.66. The topological polar surface area (TPSA) is 126 Å². The summed E-state index contributed by atoms with van der Waals surface area (Å²) in [6.45, 7) is -0.553.